The SMILES string of the molecule is C[C@@H]1CNC[C@H](C)N1CC1CCNCC1. The summed E-state index contributed by atoms with van der Waals surface area (Å²) in [5.74, 6) is 0.925. The Labute approximate surface area is 93.6 Å². The van der Waals surface area contributed by atoms with Gasteiger partial charge in [0, 0.05) is 31.7 Å². The summed E-state index contributed by atoms with van der Waals surface area (Å²) >= 11 is 0. The van der Waals surface area contributed by atoms with E-state index >= 15 is 0 Å². The standard InChI is InChI=1S/C12H25N3/c1-10-7-14-8-11(2)15(10)9-12-3-5-13-6-4-12/h10-14H,3-9H2,1-2H3/t10-,11+. The maximum atomic E-state index is 3.50. The molecule has 0 aromatic carbocycles. The van der Waals surface area contributed by atoms with Crippen LogP contribution in [0, 0.1) is 5.92 Å². The molecule has 15 heavy (non-hydrogen) atoms. The van der Waals surface area contributed by atoms with Gasteiger partial charge in [0.1, 0.15) is 0 Å². The Kier molecular flexibility index (Phi) is 4.00. The number of hydrogen-bond donors (Lipinski definition) is 2. The monoisotopic (exact) mass is 211 g/mol. The lowest BCUT2D eigenvalue weighted by Gasteiger charge is -2.42. The van der Waals surface area contributed by atoms with E-state index in [9.17, 15) is 0 Å². The second kappa shape index (κ2) is 5.28. The minimum atomic E-state index is 0.712. The van der Waals surface area contributed by atoms with E-state index in [1.807, 2.05) is 0 Å². The third-order valence-corrected chi connectivity index (χ3v) is 3.94. The van der Waals surface area contributed by atoms with Crippen LogP contribution in [0.2, 0.25) is 0 Å². The van der Waals surface area contributed by atoms with Crippen LogP contribution in [0.25, 0.3) is 0 Å². The van der Waals surface area contributed by atoms with Gasteiger partial charge < -0.3 is 10.6 Å². The number of rotatable bonds is 2. The number of nitrogens with one attached hydrogen (secondary N) is 2. The van der Waals surface area contributed by atoms with Crippen LogP contribution in [0.15, 0.2) is 0 Å². The van der Waals surface area contributed by atoms with E-state index in [2.05, 4.69) is 29.4 Å². The third-order valence-electron chi connectivity index (χ3n) is 3.94. The minimum Gasteiger partial charge on any atom is -0.317 e. The molecule has 0 spiro atoms. The summed E-state index contributed by atoms with van der Waals surface area (Å²) in [5.41, 5.74) is 0. The topological polar surface area (TPSA) is 27.3 Å². The Balaban J connectivity index is 1.84. The van der Waals surface area contributed by atoms with Crippen molar-refractivity contribution in [2.45, 2.75) is 38.8 Å². The quantitative estimate of drug-likeness (QED) is 0.703. The Bertz CT molecular complexity index is 179. The summed E-state index contributed by atoms with van der Waals surface area (Å²) in [6, 6.07) is 1.42. The second-order valence-corrected chi connectivity index (χ2v) is 5.25. The fourth-order valence-electron chi connectivity index (χ4n) is 2.89. The highest BCUT2D eigenvalue weighted by atomic mass is 15.2. The van der Waals surface area contributed by atoms with Crippen LogP contribution in [0.3, 0.4) is 0 Å². The van der Waals surface area contributed by atoms with E-state index in [0.29, 0.717) is 12.1 Å². The van der Waals surface area contributed by atoms with Gasteiger partial charge in [0.2, 0.25) is 0 Å². The van der Waals surface area contributed by atoms with Gasteiger partial charge in [-0.3, -0.25) is 4.90 Å². The fraction of sp³-hybridized carbons (Fsp3) is 1.00. The first-order valence-electron chi connectivity index (χ1n) is 6.44. The summed E-state index contributed by atoms with van der Waals surface area (Å²) in [5, 5.41) is 6.94. The molecule has 0 radical (unpaired) electrons. The van der Waals surface area contributed by atoms with Crippen LogP contribution >= 0.6 is 0 Å². The van der Waals surface area contributed by atoms with Crippen molar-refractivity contribution in [3.05, 3.63) is 0 Å². The number of hydrogen-bond acceptors (Lipinski definition) is 3. The van der Waals surface area contributed by atoms with Crippen molar-refractivity contribution in [1.82, 2.24) is 15.5 Å². The predicted octanol–water partition coefficient (Wildman–Crippen LogP) is 0.668. The molecule has 2 aliphatic heterocycles. The molecule has 3 heteroatoms. The highest BCUT2D eigenvalue weighted by Gasteiger charge is 2.27. The zero-order chi connectivity index (χ0) is 10.7. The van der Waals surface area contributed by atoms with Gasteiger partial charge in [0.25, 0.3) is 0 Å². The van der Waals surface area contributed by atoms with Crippen LogP contribution < -0.4 is 10.6 Å². The fourth-order valence-corrected chi connectivity index (χ4v) is 2.89. The third kappa shape index (κ3) is 2.92. The van der Waals surface area contributed by atoms with Gasteiger partial charge >= 0.3 is 0 Å². The zero-order valence-electron chi connectivity index (χ0n) is 10.1. The van der Waals surface area contributed by atoms with Gasteiger partial charge in [-0.05, 0) is 45.7 Å². The maximum Gasteiger partial charge on any atom is 0.0195 e. The number of piperazine rings is 1. The van der Waals surface area contributed by atoms with Crippen molar-refractivity contribution >= 4 is 0 Å². The molecule has 0 saturated carbocycles. The van der Waals surface area contributed by atoms with Gasteiger partial charge in [0.15, 0.2) is 0 Å². The van der Waals surface area contributed by atoms with E-state index in [1.165, 1.54) is 32.5 Å². The first kappa shape index (κ1) is 11.4. The molecule has 0 amide bonds. The lowest BCUT2D eigenvalue weighted by molar-refractivity contribution is 0.0884. The van der Waals surface area contributed by atoms with Crippen LogP contribution in [0.5, 0.6) is 0 Å². The van der Waals surface area contributed by atoms with Crippen LogP contribution in [-0.2, 0) is 0 Å². The molecule has 3 nitrogen and oxygen atoms in total. The molecule has 0 unspecified atom stereocenters. The van der Waals surface area contributed by atoms with Gasteiger partial charge in [-0.15, -0.1) is 0 Å². The summed E-state index contributed by atoms with van der Waals surface area (Å²) in [6.45, 7) is 10.8. The van der Waals surface area contributed by atoms with Crippen molar-refractivity contribution < 1.29 is 0 Å². The van der Waals surface area contributed by atoms with E-state index in [-0.39, 0.29) is 0 Å². The van der Waals surface area contributed by atoms with Crippen molar-refractivity contribution in [3.63, 3.8) is 0 Å². The molecule has 88 valence electrons. The second-order valence-electron chi connectivity index (χ2n) is 5.25. The molecule has 2 rings (SSSR count). The number of piperidine rings is 1. The molecule has 0 aliphatic carbocycles. The average molecular weight is 211 g/mol. The number of nitrogens with zero attached hydrogens (tertiary/aromatic N) is 1. The van der Waals surface area contributed by atoms with Gasteiger partial charge in [-0.2, -0.15) is 0 Å². The molecule has 2 heterocycles. The molecule has 2 atom stereocenters. The molecule has 0 bridgehead atoms. The molecule has 0 aromatic rings. The van der Waals surface area contributed by atoms with Crippen molar-refractivity contribution in [2.75, 3.05) is 32.7 Å². The Hall–Kier alpha value is -0.120. The molecule has 2 aliphatic rings. The molecule has 2 saturated heterocycles. The van der Waals surface area contributed by atoms with Crippen molar-refractivity contribution in [3.8, 4) is 0 Å². The molecular formula is C12H25N3. The van der Waals surface area contributed by atoms with Crippen molar-refractivity contribution in [1.29, 1.82) is 0 Å². The summed E-state index contributed by atoms with van der Waals surface area (Å²) in [6.07, 6.45) is 2.73. The molecule has 2 N–H and O–H groups in total. The van der Waals surface area contributed by atoms with Crippen LogP contribution in [0.1, 0.15) is 26.7 Å². The van der Waals surface area contributed by atoms with Gasteiger partial charge in [-0.1, -0.05) is 0 Å². The Morgan fingerprint density at radius 2 is 1.60 bits per heavy atom. The lowest BCUT2D eigenvalue weighted by atomic mass is 9.95. The predicted molar refractivity (Wildman–Crippen MR) is 64.1 cm³/mol. The van der Waals surface area contributed by atoms with E-state index in [4.69, 9.17) is 0 Å². The van der Waals surface area contributed by atoms with Gasteiger partial charge in [0.05, 0.1) is 0 Å². The average Bonchev–Trinajstić information content (AvgIpc) is 2.25. The van der Waals surface area contributed by atoms with Crippen LogP contribution in [0.4, 0.5) is 0 Å². The lowest BCUT2D eigenvalue weighted by Crippen LogP contribution is -2.56. The normalized spacial score (nSPS) is 35.6. The first-order chi connectivity index (χ1) is 7.27. The molecular weight excluding hydrogens is 186 g/mol. The molecule has 0 aromatic heterocycles. The highest BCUT2D eigenvalue weighted by Crippen LogP contribution is 2.18. The first-order valence-corrected chi connectivity index (χ1v) is 6.44. The Morgan fingerprint density at radius 1 is 1.00 bits per heavy atom. The highest BCUT2D eigenvalue weighted by molar-refractivity contribution is 4.84. The van der Waals surface area contributed by atoms with E-state index in [0.717, 1.165) is 19.0 Å². The Morgan fingerprint density at radius 3 is 2.20 bits per heavy atom. The van der Waals surface area contributed by atoms with E-state index < -0.39 is 0 Å². The smallest absolute Gasteiger partial charge is 0.0195 e. The summed E-state index contributed by atoms with van der Waals surface area (Å²) in [7, 11) is 0. The summed E-state index contributed by atoms with van der Waals surface area (Å²) < 4.78 is 0. The molecule has 2 fully saturated rings. The van der Waals surface area contributed by atoms with Crippen LogP contribution in [-0.4, -0.2) is 49.7 Å². The van der Waals surface area contributed by atoms with E-state index in [1.54, 1.807) is 0 Å². The zero-order valence-corrected chi connectivity index (χ0v) is 10.1. The van der Waals surface area contributed by atoms with Gasteiger partial charge in [-0.25, -0.2) is 0 Å². The maximum absolute atomic E-state index is 3.50. The van der Waals surface area contributed by atoms with Crippen molar-refractivity contribution in [2.24, 2.45) is 5.92 Å². The minimum absolute atomic E-state index is 0.712. The summed E-state index contributed by atoms with van der Waals surface area (Å²) in [4.78, 5) is 2.70. The largest absolute Gasteiger partial charge is 0.317 e.